The number of carbonyl (C=O) groups is 2. The van der Waals surface area contributed by atoms with Crippen LogP contribution in [0.3, 0.4) is 0 Å². The van der Waals surface area contributed by atoms with Gasteiger partial charge in [0.2, 0.25) is 0 Å². The van der Waals surface area contributed by atoms with Gasteiger partial charge in [-0.2, -0.15) is 8.42 Å². The van der Waals surface area contributed by atoms with E-state index >= 15 is 0 Å². The number of hydrogen-bond acceptors (Lipinski definition) is 6. The third-order valence-corrected chi connectivity index (χ3v) is 2.74. The molecule has 0 fully saturated rings. The van der Waals surface area contributed by atoms with Crippen molar-refractivity contribution in [3.8, 4) is 0 Å². The first-order valence-electron chi connectivity index (χ1n) is 5.39. The normalized spacial score (nSPS) is 10.9. The second-order valence-corrected chi connectivity index (χ2v) is 5.34. The molecule has 3 N–H and O–H groups in total. The van der Waals surface area contributed by atoms with Crippen molar-refractivity contribution >= 4 is 28.0 Å². The van der Waals surface area contributed by atoms with Gasteiger partial charge in [0.05, 0.1) is 23.6 Å². The Morgan fingerprint density at radius 1 is 1.35 bits per heavy atom. The number of carboxylic acid groups (broad SMARTS) is 1. The van der Waals surface area contributed by atoms with E-state index in [0.29, 0.717) is 0 Å². The zero-order chi connectivity index (χ0) is 15.3. The summed E-state index contributed by atoms with van der Waals surface area (Å²) in [5, 5.41) is 8.75. The van der Waals surface area contributed by atoms with Gasteiger partial charge >= 0.3 is 22.3 Å². The first kappa shape index (κ1) is 15.7. The molecule has 9 nitrogen and oxygen atoms in total. The van der Waals surface area contributed by atoms with Crippen LogP contribution in [-0.4, -0.2) is 36.7 Å². The second kappa shape index (κ2) is 6.19. The van der Waals surface area contributed by atoms with Crippen molar-refractivity contribution in [1.82, 2.24) is 9.71 Å². The highest BCUT2D eigenvalue weighted by atomic mass is 32.2. The molecule has 1 amide bonds. The highest BCUT2D eigenvalue weighted by Crippen LogP contribution is 2.09. The molecule has 1 rings (SSSR count). The Morgan fingerprint density at radius 2 is 2.00 bits per heavy atom. The van der Waals surface area contributed by atoms with E-state index < -0.39 is 28.4 Å². The molecule has 10 heteroatoms. The summed E-state index contributed by atoms with van der Waals surface area (Å²) < 4.78 is 31.3. The number of nitrogens with one attached hydrogen (secondary N) is 2. The fraction of sp³-hybridized carbons (Fsp3) is 0.300. The quantitative estimate of drug-likeness (QED) is 0.723. The highest BCUT2D eigenvalue weighted by Gasteiger charge is 2.17. The van der Waals surface area contributed by atoms with E-state index in [9.17, 15) is 18.0 Å². The average molecular weight is 303 g/mol. The smallest absolute Gasteiger partial charge is 0.422 e. The lowest BCUT2D eigenvalue weighted by atomic mass is 10.3. The van der Waals surface area contributed by atoms with Gasteiger partial charge in [0.15, 0.2) is 0 Å². The molecule has 0 atom stereocenters. The van der Waals surface area contributed by atoms with Crippen molar-refractivity contribution in [2.45, 2.75) is 20.0 Å². The van der Waals surface area contributed by atoms with Gasteiger partial charge in [0, 0.05) is 6.20 Å². The zero-order valence-electron chi connectivity index (χ0n) is 10.7. The molecular weight excluding hydrogens is 290 g/mol. The minimum atomic E-state index is -4.23. The molecule has 110 valence electrons. The molecule has 1 aromatic heterocycles. The number of nitrogens with zero attached hydrogens (tertiary/aromatic N) is 1. The molecule has 0 aliphatic rings. The average Bonchev–Trinajstić information content (AvgIpc) is 2.26. The van der Waals surface area contributed by atoms with Crippen LogP contribution in [0.25, 0.3) is 0 Å². The molecule has 0 saturated carbocycles. The highest BCUT2D eigenvalue weighted by molar-refractivity contribution is 7.91. The third-order valence-electron chi connectivity index (χ3n) is 1.80. The monoisotopic (exact) mass is 303 g/mol. The molecule has 0 unspecified atom stereocenters. The first-order chi connectivity index (χ1) is 9.19. The number of rotatable bonds is 5. The minimum absolute atomic E-state index is 0.102. The Kier molecular flexibility index (Phi) is 4.86. The molecule has 20 heavy (non-hydrogen) atoms. The molecule has 0 aliphatic carbocycles. The molecule has 0 saturated heterocycles. The minimum Gasteiger partial charge on any atom is -0.478 e. The number of aromatic carboxylic acids is 1. The maximum absolute atomic E-state index is 11.6. The van der Waals surface area contributed by atoms with Crippen molar-refractivity contribution < 1.29 is 27.9 Å². The number of amides is 1. The van der Waals surface area contributed by atoms with E-state index in [0.717, 1.165) is 18.5 Å². The molecule has 0 radical (unpaired) electrons. The fourth-order valence-electron chi connectivity index (χ4n) is 1.14. The van der Waals surface area contributed by atoms with Gasteiger partial charge in [-0.05, 0) is 19.9 Å². The Morgan fingerprint density at radius 3 is 2.55 bits per heavy atom. The predicted octanol–water partition coefficient (Wildman–Crippen LogP) is 0.571. The van der Waals surface area contributed by atoms with Gasteiger partial charge in [-0.15, -0.1) is 0 Å². The molecule has 0 aliphatic heterocycles. The van der Waals surface area contributed by atoms with Gasteiger partial charge in [-0.3, -0.25) is 9.71 Å². The standard InChI is InChI=1S/C10H13N3O6S/c1-6(2)19-10(16)13-20(17,18)12-8-3-7(9(14)15)4-11-5-8/h3-6,12H,1-2H3,(H,13,16)(H,14,15). The van der Waals surface area contributed by atoms with E-state index in [-0.39, 0.29) is 11.3 Å². The Labute approximate surface area is 115 Å². The van der Waals surface area contributed by atoms with Crippen molar-refractivity contribution in [2.75, 3.05) is 4.72 Å². The predicted molar refractivity (Wildman–Crippen MR) is 68.5 cm³/mol. The maximum Gasteiger partial charge on any atom is 0.422 e. The van der Waals surface area contributed by atoms with Crippen LogP contribution in [0.2, 0.25) is 0 Å². The Hall–Kier alpha value is -2.36. The van der Waals surface area contributed by atoms with Crippen molar-refractivity contribution in [3.63, 3.8) is 0 Å². The molecule has 0 bridgehead atoms. The fourth-order valence-corrected chi connectivity index (χ4v) is 1.88. The number of anilines is 1. The largest absolute Gasteiger partial charge is 0.478 e. The van der Waals surface area contributed by atoms with Crippen LogP contribution in [0, 0.1) is 0 Å². The van der Waals surface area contributed by atoms with Gasteiger partial charge in [-0.25, -0.2) is 14.3 Å². The topological polar surface area (TPSA) is 135 Å². The Bertz CT molecular complexity index is 613. The summed E-state index contributed by atoms with van der Waals surface area (Å²) in [7, 11) is -4.23. The van der Waals surface area contributed by atoms with Gasteiger partial charge in [-0.1, -0.05) is 0 Å². The number of carbonyl (C=O) groups excluding carboxylic acids is 1. The number of pyridine rings is 1. The molecule has 1 aromatic rings. The summed E-state index contributed by atoms with van der Waals surface area (Å²) in [6.07, 6.45) is 0.525. The van der Waals surface area contributed by atoms with Crippen LogP contribution in [0.4, 0.5) is 10.5 Å². The van der Waals surface area contributed by atoms with E-state index in [1.54, 1.807) is 18.6 Å². The number of ether oxygens (including phenoxy) is 1. The Balaban J connectivity index is 2.78. The summed E-state index contributed by atoms with van der Waals surface area (Å²) in [5.41, 5.74) is -0.301. The van der Waals surface area contributed by atoms with Crippen LogP contribution in [0.15, 0.2) is 18.5 Å². The van der Waals surface area contributed by atoms with Gasteiger partial charge in [0.1, 0.15) is 0 Å². The van der Waals surface area contributed by atoms with Crippen molar-refractivity contribution in [2.24, 2.45) is 0 Å². The van der Waals surface area contributed by atoms with E-state index in [1.165, 1.54) is 0 Å². The second-order valence-electron chi connectivity index (χ2n) is 3.93. The van der Waals surface area contributed by atoms with Crippen LogP contribution < -0.4 is 9.44 Å². The van der Waals surface area contributed by atoms with Crippen LogP contribution in [0.5, 0.6) is 0 Å². The lowest BCUT2D eigenvalue weighted by Gasteiger charge is -2.11. The van der Waals surface area contributed by atoms with E-state index in [1.807, 2.05) is 4.72 Å². The van der Waals surface area contributed by atoms with Gasteiger partial charge in [0.25, 0.3) is 0 Å². The summed E-state index contributed by atoms with van der Waals surface area (Å²) >= 11 is 0. The summed E-state index contributed by atoms with van der Waals surface area (Å²) in [4.78, 5) is 25.4. The van der Waals surface area contributed by atoms with Crippen LogP contribution in [-0.2, 0) is 14.9 Å². The van der Waals surface area contributed by atoms with Crippen LogP contribution >= 0.6 is 0 Å². The van der Waals surface area contributed by atoms with Crippen molar-refractivity contribution in [1.29, 1.82) is 0 Å². The molecular formula is C10H13N3O6S. The van der Waals surface area contributed by atoms with Crippen molar-refractivity contribution in [3.05, 3.63) is 24.0 Å². The number of carboxylic acids is 1. The summed E-state index contributed by atoms with van der Waals surface area (Å²) in [6, 6.07) is 1.06. The van der Waals surface area contributed by atoms with E-state index in [4.69, 9.17) is 5.11 Å². The lowest BCUT2D eigenvalue weighted by molar-refractivity contribution is 0.0696. The molecule has 0 aromatic carbocycles. The zero-order valence-corrected chi connectivity index (χ0v) is 11.5. The van der Waals surface area contributed by atoms with E-state index in [2.05, 4.69) is 9.72 Å². The summed E-state index contributed by atoms with van der Waals surface area (Å²) in [5.74, 6) is -1.26. The number of aromatic nitrogens is 1. The third kappa shape index (κ3) is 5.10. The lowest BCUT2D eigenvalue weighted by Crippen LogP contribution is -2.36. The number of hydrogen-bond donors (Lipinski definition) is 3. The van der Waals surface area contributed by atoms with Gasteiger partial charge < -0.3 is 9.84 Å². The maximum atomic E-state index is 11.6. The van der Waals surface area contributed by atoms with Crippen LogP contribution in [0.1, 0.15) is 24.2 Å². The first-order valence-corrected chi connectivity index (χ1v) is 6.87. The molecule has 0 spiro atoms. The molecule has 1 heterocycles. The summed E-state index contributed by atoms with van der Waals surface area (Å²) in [6.45, 7) is 3.11. The SMILES string of the molecule is CC(C)OC(=O)NS(=O)(=O)Nc1cncc(C(=O)O)c1.